The molecule has 144 valence electrons. The normalized spacial score (nSPS) is 22.3. The number of hydrogen-bond donors (Lipinski definition) is 1. The maximum absolute atomic E-state index is 13.1. The monoisotopic (exact) mass is 388 g/mol. The Morgan fingerprint density at radius 3 is 2.48 bits per heavy atom. The Hall–Kier alpha value is -2.41. The predicted octanol–water partition coefficient (Wildman–Crippen LogP) is 3.69. The number of nitrogens with zero attached hydrogens (tertiary/aromatic N) is 1. The van der Waals surface area contributed by atoms with Crippen LogP contribution in [0.15, 0.2) is 52.4 Å². The molecule has 0 saturated heterocycles. The fraction of sp³-hybridized carbons (Fsp3) is 0.400. The summed E-state index contributed by atoms with van der Waals surface area (Å²) in [4.78, 5) is 12.9. The Bertz CT molecular complexity index is 987. The van der Waals surface area contributed by atoms with Crippen LogP contribution in [0.1, 0.15) is 33.0 Å². The van der Waals surface area contributed by atoms with Crippen molar-refractivity contribution in [3.8, 4) is 11.3 Å². The van der Waals surface area contributed by atoms with E-state index in [2.05, 4.69) is 16.5 Å². The summed E-state index contributed by atoms with van der Waals surface area (Å²) in [5.41, 5.74) is -0.408. The summed E-state index contributed by atoms with van der Waals surface area (Å²) in [6, 6.07) is 8.86. The van der Waals surface area contributed by atoms with E-state index >= 15 is 0 Å². The first-order valence-corrected chi connectivity index (χ1v) is 10.2. The lowest BCUT2D eigenvalue weighted by Crippen LogP contribution is -2.43. The van der Waals surface area contributed by atoms with Crippen molar-refractivity contribution < 1.29 is 17.7 Å². The van der Waals surface area contributed by atoms with E-state index in [1.807, 2.05) is 26.8 Å². The van der Waals surface area contributed by atoms with Crippen molar-refractivity contribution >= 4 is 15.9 Å². The number of aryl methyl sites for hydroxylation is 1. The summed E-state index contributed by atoms with van der Waals surface area (Å²) in [6.07, 6.45) is 2.30. The Balaban J connectivity index is 1.99. The summed E-state index contributed by atoms with van der Waals surface area (Å²) in [6.45, 7) is 11.1. The van der Waals surface area contributed by atoms with E-state index in [1.165, 1.54) is 6.92 Å². The molecule has 7 heteroatoms. The minimum absolute atomic E-state index is 0.0511. The molecule has 0 bridgehead atoms. The zero-order chi connectivity index (χ0) is 20.0. The summed E-state index contributed by atoms with van der Waals surface area (Å²) >= 11 is 0. The van der Waals surface area contributed by atoms with Crippen molar-refractivity contribution in [2.45, 2.75) is 39.0 Å². The van der Waals surface area contributed by atoms with Crippen LogP contribution < -0.4 is 4.72 Å². The smallest absolute Gasteiger partial charge is 0.269 e. The molecule has 1 saturated carbocycles. The van der Waals surface area contributed by atoms with Crippen molar-refractivity contribution in [3.05, 3.63) is 48.7 Å². The first-order chi connectivity index (χ1) is 12.5. The number of carbonyl (C=O) groups is 1. The fourth-order valence-corrected chi connectivity index (χ4v) is 5.11. The van der Waals surface area contributed by atoms with Gasteiger partial charge < -0.3 is 4.52 Å². The first-order valence-electron chi connectivity index (χ1n) is 8.76. The van der Waals surface area contributed by atoms with Crippen molar-refractivity contribution in [1.82, 2.24) is 9.88 Å². The third-order valence-corrected chi connectivity index (χ3v) is 6.87. The summed E-state index contributed by atoms with van der Waals surface area (Å²) in [5.74, 6) is -0.431. The van der Waals surface area contributed by atoms with Crippen molar-refractivity contribution in [1.29, 1.82) is 0 Å². The van der Waals surface area contributed by atoms with E-state index in [9.17, 15) is 13.2 Å². The van der Waals surface area contributed by atoms with Gasteiger partial charge in [0.25, 0.3) is 10.0 Å². The number of hydrogen-bond acceptors (Lipinski definition) is 5. The molecule has 6 nitrogen and oxygen atoms in total. The lowest BCUT2D eigenvalue weighted by molar-refractivity contribution is -0.128. The number of nitrogens with one attached hydrogen (secondary N) is 1. The Morgan fingerprint density at radius 2 is 1.96 bits per heavy atom. The van der Waals surface area contributed by atoms with Gasteiger partial charge in [0, 0.05) is 5.56 Å². The van der Waals surface area contributed by atoms with E-state index in [1.54, 1.807) is 30.3 Å². The van der Waals surface area contributed by atoms with Gasteiger partial charge in [0.1, 0.15) is 5.69 Å². The molecule has 2 atom stereocenters. The molecule has 0 spiro atoms. The average molecular weight is 388 g/mol. The van der Waals surface area contributed by atoms with Crippen LogP contribution in [0.4, 0.5) is 0 Å². The second-order valence-corrected chi connectivity index (χ2v) is 9.60. The second-order valence-electron chi connectivity index (χ2n) is 7.98. The van der Waals surface area contributed by atoms with Gasteiger partial charge in [0.15, 0.2) is 10.7 Å². The van der Waals surface area contributed by atoms with E-state index in [0.717, 1.165) is 0 Å². The maximum atomic E-state index is 13.1. The van der Waals surface area contributed by atoms with Crippen LogP contribution in [0.2, 0.25) is 0 Å². The van der Waals surface area contributed by atoms with E-state index in [-0.39, 0.29) is 22.3 Å². The van der Waals surface area contributed by atoms with Crippen LogP contribution in [0.25, 0.3) is 11.3 Å². The van der Waals surface area contributed by atoms with Crippen LogP contribution in [0.5, 0.6) is 0 Å². The average Bonchev–Trinajstić information content (AvgIpc) is 3.24. The van der Waals surface area contributed by atoms with Crippen molar-refractivity contribution in [3.63, 3.8) is 0 Å². The number of benzene rings is 1. The summed E-state index contributed by atoms with van der Waals surface area (Å²) in [5, 5.41) is 3.90. The number of rotatable bonds is 5. The standard InChI is InChI=1S/C20H24N2O4S/c1-6-15-12-20(15,19(3,4)5)18(23)22-27(24,25)17-13(2)26-21-16(17)14-10-8-7-9-11-14/h6-11,15H,1,12H2,2-5H3,(H,22,23)/t15-,20-/m1/s1. The van der Waals surface area contributed by atoms with Crippen molar-refractivity contribution in [2.24, 2.45) is 16.7 Å². The van der Waals surface area contributed by atoms with Gasteiger partial charge in [0.05, 0.1) is 5.41 Å². The first kappa shape index (κ1) is 19.4. The molecule has 0 radical (unpaired) electrons. The van der Waals surface area contributed by atoms with Gasteiger partial charge in [-0.3, -0.25) is 4.79 Å². The SMILES string of the molecule is C=C[C@@H]1C[C@@]1(C(=O)NS(=O)(=O)c1c(-c2ccccc2)noc1C)C(C)(C)C. The van der Waals surface area contributed by atoms with Gasteiger partial charge in [-0.1, -0.05) is 62.3 Å². The molecular formula is C20H24N2O4S. The maximum Gasteiger partial charge on any atom is 0.269 e. The van der Waals surface area contributed by atoms with Crippen molar-refractivity contribution in [2.75, 3.05) is 0 Å². The van der Waals surface area contributed by atoms with Gasteiger partial charge >= 0.3 is 0 Å². The zero-order valence-electron chi connectivity index (χ0n) is 15.9. The molecule has 0 unspecified atom stereocenters. The lowest BCUT2D eigenvalue weighted by atomic mass is 9.75. The van der Waals surface area contributed by atoms with Gasteiger partial charge in [0.2, 0.25) is 5.91 Å². The zero-order valence-corrected chi connectivity index (χ0v) is 16.8. The minimum Gasteiger partial charge on any atom is -0.360 e. The van der Waals surface area contributed by atoms with Gasteiger partial charge in [-0.05, 0) is 24.7 Å². The van der Waals surface area contributed by atoms with E-state index < -0.39 is 26.8 Å². The Morgan fingerprint density at radius 1 is 1.33 bits per heavy atom. The van der Waals surface area contributed by atoms with Crippen LogP contribution in [-0.2, 0) is 14.8 Å². The molecule has 1 amide bonds. The Labute approximate surface area is 159 Å². The molecule has 0 aliphatic heterocycles. The van der Waals surface area contributed by atoms with Crippen LogP contribution in [0, 0.1) is 23.7 Å². The number of sulfonamides is 1. The minimum atomic E-state index is -4.15. The van der Waals surface area contributed by atoms with Gasteiger partial charge in [-0.15, -0.1) is 6.58 Å². The highest BCUT2D eigenvalue weighted by molar-refractivity contribution is 7.90. The summed E-state index contributed by atoms with van der Waals surface area (Å²) < 4.78 is 33.5. The predicted molar refractivity (Wildman–Crippen MR) is 102 cm³/mol. The van der Waals surface area contributed by atoms with Gasteiger partial charge in [-0.2, -0.15) is 0 Å². The highest BCUT2D eigenvalue weighted by atomic mass is 32.2. The molecular weight excluding hydrogens is 364 g/mol. The molecule has 1 aliphatic carbocycles. The topological polar surface area (TPSA) is 89.3 Å². The quantitative estimate of drug-likeness (QED) is 0.789. The third-order valence-electron chi connectivity index (χ3n) is 5.39. The molecule has 1 aliphatic rings. The van der Waals surface area contributed by atoms with Crippen LogP contribution in [-0.4, -0.2) is 19.5 Å². The largest absolute Gasteiger partial charge is 0.360 e. The van der Waals surface area contributed by atoms with Gasteiger partial charge in [-0.25, -0.2) is 13.1 Å². The van der Waals surface area contributed by atoms with Crippen LogP contribution >= 0.6 is 0 Å². The molecule has 2 aromatic rings. The number of carbonyl (C=O) groups excluding carboxylic acids is 1. The molecule has 3 rings (SSSR count). The number of aromatic nitrogens is 1. The van der Waals surface area contributed by atoms with Crippen LogP contribution in [0.3, 0.4) is 0 Å². The number of amides is 1. The second kappa shape index (κ2) is 6.34. The van der Waals surface area contributed by atoms with E-state index in [0.29, 0.717) is 12.0 Å². The third kappa shape index (κ3) is 3.10. The highest BCUT2D eigenvalue weighted by Crippen LogP contribution is 2.64. The molecule has 27 heavy (non-hydrogen) atoms. The van der Waals surface area contributed by atoms with E-state index in [4.69, 9.17) is 4.52 Å². The molecule has 1 aromatic heterocycles. The molecule has 1 heterocycles. The Kier molecular flexibility index (Phi) is 4.54. The molecule has 1 fully saturated rings. The summed E-state index contributed by atoms with van der Waals surface area (Å²) in [7, 11) is -4.15. The molecule has 1 aromatic carbocycles. The number of allylic oxidation sites excluding steroid dienone is 1. The lowest BCUT2D eigenvalue weighted by Gasteiger charge is -2.30. The molecule has 1 N–H and O–H groups in total. The fourth-order valence-electron chi connectivity index (χ4n) is 3.76. The highest BCUT2D eigenvalue weighted by Gasteiger charge is 2.65.